The van der Waals surface area contributed by atoms with Gasteiger partial charge < -0.3 is 25.5 Å². The number of aldehydes is 1. The summed E-state index contributed by atoms with van der Waals surface area (Å²) in [5.74, 6) is -8.78. The zero-order valence-corrected chi connectivity index (χ0v) is 6.84. The second-order valence-corrected chi connectivity index (χ2v) is 2.66. The van der Waals surface area contributed by atoms with Crippen molar-refractivity contribution < 1.29 is 39.1 Å². The molecule has 8 heteroatoms. The van der Waals surface area contributed by atoms with Crippen LogP contribution < -0.4 is 0 Å². The van der Waals surface area contributed by atoms with Crippen LogP contribution in [0.2, 0.25) is 0 Å². The number of rotatable bonds is 5. The third-order valence-corrected chi connectivity index (χ3v) is 1.59. The monoisotopic (exact) mass is 216 g/mol. The summed E-state index contributed by atoms with van der Waals surface area (Å²) in [6, 6.07) is 0. The molecule has 0 aliphatic rings. The second kappa shape index (κ2) is 4.24. The lowest BCUT2D eigenvalue weighted by Gasteiger charge is -2.32. The van der Waals surface area contributed by atoms with Gasteiger partial charge in [0.1, 0.15) is 12.2 Å². The van der Waals surface area contributed by atoms with E-state index in [1.807, 2.05) is 0 Å². The maximum Gasteiger partial charge on any atom is 0.325 e. The van der Waals surface area contributed by atoms with Crippen LogP contribution in [0.1, 0.15) is 0 Å². The molecule has 0 aromatic carbocycles. The van der Waals surface area contributed by atoms with Crippen LogP contribution in [0.3, 0.4) is 0 Å². The topological polar surface area (TPSA) is 118 Å². The number of aliphatic hydroxyl groups excluding tert-OH is 3. The summed E-state index contributed by atoms with van der Waals surface area (Å²) >= 11 is 0. The summed E-state index contributed by atoms with van der Waals surface area (Å²) in [6.45, 7) is -1.19. The van der Waals surface area contributed by atoms with Crippen molar-refractivity contribution in [2.45, 2.75) is 23.9 Å². The fourth-order valence-corrected chi connectivity index (χ4v) is 0.645. The van der Waals surface area contributed by atoms with Crippen molar-refractivity contribution in [2.75, 3.05) is 6.61 Å². The Morgan fingerprint density at radius 1 is 1.29 bits per heavy atom. The second-order valence-electron chi connectivity index (χ2n) is 2.66. The molecule has 0 saturated heterocycles. The number of hydrogen-bond donors (Lipinski definition) is 5. The van der Waals surface area contributed by atoms with Crippen LogP contribution in [-0.4, -0.2) is 62.3 Å². The van der Waals surface area contributed by atoms with Crippen molar-refractivity contribution in [1.82, 2.24) is 0 Å². The number of carbonyl (C=O) groups is 1. The molecule has 0 spiro atoms. The minimum absolute atomic E-state index is 0.986. The highest BCUT2D eigenvalue weighted by atomic mass is 19.2. The summed E-state index contributed by atoms with van der Waals surface area (Å²) in [5, 5.41) is 42.5. The van der Waals surface area contributed by atoms with Gasteiger partial charge in [0.25, 0.3) is 0 Å². The summed E-state index contributed by atoms with van der Waals surface area (Å²) in [7, 11) is 0. The van der Waals surface area contributed by atoms with Gasteiger partial charge in [0.05, 0.1) is 6.61 Å². The molecule has 0 amide bonds. The van der Waals surface area contributed by atoms with Gasteiger partial charge in [0, 0.05) is 0 Å². The molecule has 0 aromatic heterocycles. The molecular formula is C6H10F2O6. The summed E-state index contributed by atoms with van der Waals surface area (Å²) in [6.07, 6.45) is -6.10. The molecule has 0 fully saturated rings. The van der Waals surface area contributed by atoms with E-state index in [9.17, 15) is 13.6 Å². The zero-order valence-electron chi connectivity index (χ0n) is 6.84. The van der Waals surface area contributed by atoms with Gasteiger partial charge in [0.15, 0.2) is 6.29 Å². The van der Waals surface area contributed by atoms with E-state index in [-0.39, 0.29) is 0 Å². The quantitative estimate of drug-likeness (QED) is 0.317. The normalized spacial score (nSPS) is 24.5. The van der Waals surface area contributed by atoms with Gasteiger partial charge in [0.2, 0.25) is 0 Å². The Bertz CT molecular complexity index is 206. The standard InChI is InChI=1S/C6H10F2O6/c7-5(13,2-10)6(8,14)4(12)3(11)1-9/h2-4,9,11-14H,1H2/t3-,4-,5+,6+/m1/s1. The van der Waals surface area contributed by atoms with Crippen molar-refractivity contribution in [2.24, 2.45) is 0 Å². The number of carbonyl (C=O) groups excluding carboxylic acids is 1. The third kappa shape index (κ3) is 2.22. The molecule has 0 saturated carbocycles. The molecule has 0 aliphatic carbocycles. The molecule has 0 unspecified atom stereocenters. The van der Waals surface area contributed by atoms with E-state index in [2.05, 4.69) is 0 Å². The molecule has 0 heterocycles. The summed E-state index contributed by atoms with van der Waals surface area (Å²) < 4.78 is 25.4. The first-order valence-electron chi connectivity index (χ1n) is 3.46. The highest BCUT2D eigenvalue weighted by Crippen LogP contribution is 2.29. The Hall–Kier alpha value is -0.670. The van der Waals surface area contributed by atoms with Gasteiger partial charge in [-0.25, -0.2) is 4.39 Å². The van der Waals surface area contributed by atoms with Crippen molar-refractivity contribution in [1.29, 1.82) is 0 Å². The first kappa shape index (κ1) is 13.3. The minimum atomic E-state index is -4.41. The maximum atomic E-state index is 12.9. The van der Waals surface area contributed by atoms with Crippen molar-refractivity contribution in [3.63, 3.8) is 0 Å². The molecule has 0 radical (unpaired) electrons. The molecule has 4 atom stereocenters. The Labute approximate surface area is 77.0 Å². The lowest BCUT2D eigenvalue weighted by molar-refractivity contribution is -0.314. The number of halogens is 2. The fraction of sp³-hybridized carbons (Fsp3) is 0.833. The maximum absolute atomic E-state index is 12.9. The summed E-state index contributed by atoms with van der Waals surface area (Å²) in [5.41, 5.74) is 0. The Balaban J connectivity index is 4.85. The van der Waals surface area contributed by atoms with Gasteiger partial charge in [-0.2, -0.15) is 4.39 Å². The largest absolute Gasteiger partial charge is 0.394 e. The van der Waals surface area contributed by atoms with Crippen molar-refractivity contribution >= 4 is 6.29 Å². The summed E-state index contributed by atoms with van der Waals surface area (Å²) in [4.78, 5) is 9.81. The predicted molar refractivity (Wildman–Crippen MR) is 37.3 cm³/mol. The van der Waals surface area contributed by atoms with Crippen LogP contribution in [0.5, 0.6) is 0 Å². The molecule has 0 aromatic rings. The molecule has 84 valence electrons. The molecule has 0 aliphatic heterocycles. The van der Waals surface area contributed by atoms with Gasteiger partial charge in [-0.15, -0.1) is 0 Å². The Kier molecular flexibility index (Phi) is 4.03. The zero-order chi connectivity index (χ0) is 11.6. The first-order valence-corrected chi connectivity index (χ1v) is 3.46. The average Bonchev–Trinajstić information content (AvgIpc) is 2.14. The Morgan fingerprint density at radius 2 is 1.71 bits per heavy atom. The minimum Gasteiger partial charge on any atom is -0.394 e. The van der Waals surface area contributed by atoms with E-state index in [0.29, 0.717) is 0 Å². The van der Waals surface area contributed by atoms with Gasteiger partial charge >= 0.3 is 11.7 Å². The van der Waals surface area contributed by atoms with Crippen molar-refractivity contribution in [3.8, 4) is 0 Å². The number of hydrogen-bond acceptors (Lipinski definition) is 6. The van der Waals surface area contributed by atoms with Crippen LogP contribution in [-0.2, 0) is 4.79 Å². The van der Waals surface area contributed by atoms with E-state index in [1.54, 1.807) is 0 Å². The first-order chi connectivity index (χ1) is 6.20. The van der Waals surface area contributed by atoms with Crippen LogP contribution in [0.25, 0.3) is 0 Å². The fourth-order valence-electron chi connectivity index (χ4n) is 0.645. The van der Waals surface area contributed by atoms with Gasteiger partial charge in [-0.05, 0) is 0 Å². The molecule has 14 heavy (non-hydrogen) atoms. The lowest BCUT2D eigenvalue weighted by atomic mass is 10.00. The van der Waals surface area contributed by atoms with E-state index in [0.717, 1.165) is 0 Å². The highest BCUT2D eigenvalue weighted by Gasteiger charge is 2.58. The predicted octanol–water partition coefficient (Wildman–Crippen LogP) is -2.78. The molecule has 6 nitrogen and oxygen atoms in total. The number of alkyl halides is 2. The van der Waals surface area contributed by atoms with E-state index in [4.69, 9.17) is 25.5 Å². The Morgan fingerprint density at radius 3 is 2.00 bits per heavy atom. The van der Waals surface area contributed by atoms with Crippen LogP contribution in [0.15, 0.2) is 0 Å². The molecule has 0 rings (SSSR count). The SMILES string of the molecule is O=C[C@@](O)(F)[C@](O)(F)[C@H](O)[C@H](O)CO. The van der Waals surface area contributed by atoms with Gasteiger partial charge in [-0.1, -0.05) is 0 Å². The van der Waals surface area contributed by atoms with Crippen LogP contribution >= 0.6 is 0 Å². The lowest BCUT2D eigenvalue weighted by Crippen LogP contribution is -2.60. The van der Waals surface area contributed by atoms with E-state index < -0.39 is 36.8 Å². The van der Waals surface area contributed by atoms with Crippen molar-refractivity contribution in [3.05, 3.63) is 0 Å². The molecular weight excluding hydrogens is 206 g/mol. The third-order valence-electron chi connectivity index (χ3n) is 1.59. The van der Waals surface area contributed by atoms with Gasteiger partial charge in [-0.3, -0.25) is 4.79 Å². The molecule has 5 N–H and O–H groups in total. The number of aliphatic hydroxyl groups is 5. The smallest absolute Gasteiger partial charge is 0.325 e. The average molecular weight is 216 g/mol. The van der Waals surface area contributed by atoms with Crippen LogP contribution in [0.4, 0.5) is 8.78 Å². The van der Waals surface area contributed by atoms with Crippen LogP contribution in [0, 0.1) is 0 Å². The van der Waals surface area contributed by atoms with E-state index >= 15 is 0 Å². The highest BCUT2D eigenvalue weighted by molar-refractivity contribution is 5.61. The van der Waals surface area contributed by atoms with E-state index in [1.165, 1.54) is 0 Å². The molecule has 0 bridgehead atoms.